The van der Waals surface area contributed by atoms with Gasteiger partial charge in [-0.1, -0.05) is 0 Å². The predicted octanol–water partition coefficient (Wildman–Crippen LogP) is 1.48. The molecule has 0 aliphatic carbocycles. The molecular formula is C18H31N5O. The van der Waals surface area contributed by atoms with E-state index >= 15 is 0 Å². The number of piperidine rings is 2. The number of carbonyl (C=O) groups excluding carboxylic acids is 1. The number of carbonyl (C=O) groups is 1. The van der Waals surface area contributed by atoms with Gasteiger partial charge in [0.25, 0.3) is 0 Å². The number of amides is 1. The first-order valence-electron chi connectivity index (χ1n) is 9.21. The van der Waals surface area contributed by atoms with Gasteiger partial charge < -0.3 is 14.8 Å². The highest BCUT2D eigenvalue weighted by molar-refractivity contribution is 5.78. The minimum atomic E-state index is 0.138. The molecule has 1 amide bonds. The number of aryl methyl sites for hydroxylation is 1. The molecule has 134 valence electrons. The average Bonchev–Trinajstić information content (AvgIpc) is 3.00. The zero-order valence-electron chi connectivity index (χ0n) is 15.3. The Bertz CT molecular complexity index is 549. The molecule has 1 N–H and O–H groups in total. The standard InChI is InChI=1S/C18H31N5O/c1-14-11-19-17(20-14)13-22(3)18(24)15-5-4-8-23(12-15)16-6-9-21(2)10-7-16/h11,15-16H,4-10,12-13H2,1-3H3,(H,19,20)/t15-/m0/s1. The molecule has 2 fully saturated rings. The van der Waals surface area contributed by atoms with Crippen LogP contribution >= 0.6 is 0 Å². The molecule has 0 spiro atoms. The summed E-state index contributed by atoms with van der Waals surface area (Å²) in [6.07, 6.45) is 6.44. The number of likely N-dealkylation sites (tertiary alicyclic amines) is 2. The minimum Gasteiger partial charge on any atom is -0.345 e. The van der Waals surface area contributed by atoms with E-state index in [2.05, 4.69) is 26.8 Å². The van der Waals surface area contributed by atoms with E-state index in [4.69, 9.17) is 0 Å². The van der Waals surface area contributed by atoms with Crippen molar-refractivity contribution >= 4 is 5.91 Å². The molecule has 3 heterocycles. The molecule has 0 radical (unpaired) electrons. The van der Waals surface area contributed by atoms with Gasteiger partial charge in [-0.25, -0.2) is 4.98 Å². The van der Waals surface area contributed by atoms with Gasteiger partial charge >= 0.3 is 0 Å². The summed E-state index contributed by atoms with van der Waals surface area (Å²) in [7, 11) is 4.10. The van der Waals surface area contributed by atoms with Crippen LogP contribution < -0.4 is 0 Å². The number of rotatable bonds is 4. The van der Waals surface area contributed by atoms with E-state index in [0.29, 0.717) is 12.6 Å². The molecule has 1 aromatic heterocycles. The highest BCUT2D eigenvalue weighted by Crippen LogP contribution is 2.24. The monoisotopic (exact) mass is 333 g/mol. The van der Waals surface area contributed by atoms with E-state index in [0.717, 1.165) is 37.4 Å². The van der Waals surface area contributed by atoms with E-state index in [9.17, 15) is 4.79 Å². The molecule has 2 saturated heterocycles. The molecule has 1 atom stereocenters. The van der Waals surface area contributed by atoms with Crippen LogP contribution in [0.15, 0.2) is 6.20 Å². The van der Waals surface area contributed by atoms with Gasteiger partial charge in [0.1, 0.15) is 5.82 Å². The molecule has 0 bridgehead atoms. The quantitative estimate of drug-likeness (QED) is 0.907. The maximum Gasteiger partial charge on any atom is 0.227 e. The lowest BCUT2D eigenvalue weighted by atomic mass is 9.93. The molecular weight excluding hydrogens is 302 g/mol. The molecule has 0 unspecified atom stereocenters. The lowest BCUT2D eigenvalue weighted by molar-refractivity contribution is -0.137. The largest absolute Gasteiger partial charge is 0.345 e. The highest BCUT2D eigenvalue weighted by atomic mass is 16.2. The molecule has 6 heteroatoms. The summed E-state index contributed by atoms with van der Waals surface area (Å²) in [6, 6.07) is 0.662. The fraction of sp³-hybridized carbons (Fsp3) is 0.778. The number of imidazole rings is 1. The van der Waals surface area contributed by atoms with Gasteiger partial charge in [0.05, 0.1) is 12.5 Å². The molecule has 24 heavy (non-hydrogen) atoms. The second-order valence-corrected chi connectivity index (χ2v) is 7.58. The van der Waals surface area contributed by atoms with E-state index in [1.54, 1.807) is 0 Å². The van der Waals surface area contributed by atoms with Crippen molar-refractivity contribution in [2.24, 2.45) is 5.92 Å². The van der Waals surface area contributed by atoms with Crippen molar-refractivity contribution in [2.75, 3.05) is 40.3 Å². The zero-order chi connectivity index (χ0) is 17.1. The van der Waals surface area contributed by atoms with Crippen LogP contribution in [0.4, 0.5) is 0 Å². The van der Waals surface area contributed by atoms with Crippen LogP contribution in [0.5, 0.6) is 0 Å². The van der Waals surface area contributed by atoms with Crippen LogP contribution in [-0.4, -0.2) is 76.9 Å². The van der Waals surface area contributed by atoms with Crippen LogP contribution in [0.25, 0.3) is 0 Å². The lowest BCUT2D eigenvalue weighted by Crippen LogP contribution is -2.50. The van der Waals surface area contributed by atoms with Gasteiger partial charge in [-0.05, 0) is 59.3 Å². The SMILES string of the molecule is Cc1cnc(CN(C)C(=O)[C@H]2CCCN(C3CCN(C)CC3)C2)[nH]1. The molecule has 1 aromatic rings. The van der Waals surface area contributed by atoms with E-state index in [1.807, 2.05) is 25.1 Å². The van der Waals surface area contributed by atoms with Gasteiger partial charge in [-0.2, -0.15) is 0 Å². The van der Waals surface area contributed by atoms with Gasteiger partial charge in [-0.15, -0.1) is 0 Å². The Kier molecular flexibility index (Phi) is 5.56. The summed E-state index contributed by atoms with van der Waals surface area (Å²) in [5, 5.41) is 0. The van der Waals surface area contributed by atoms with Crippen LogP contribution in [-0.2, 0) is 11.3 Å². The van der Waals surface area contributed by atoms with Crippen molar-refractivity contribution in [1.82, 2.24) is 24.7 Å². The van der Waals surface area contributed by atoms with Crippen LogP contribution in [0.1, 0.15) is 37.2 Å². The van der Waals surface area contributed by atoms with Crippen molar-refractivity contribution < 1.29 is 4.79 Å². The summed E-state index contributed by atoms with van der Waals surface area (Å²) in [4.78, 5) is 27.2. The molecule has 3 rings (SSSR count). The normalized spacial score (nSPS) is 24.2. The minimum absolute atomic E-state index is 0.138. The van der Waals surface area contributed by atoms with Gasteiger partial charge in [0.2, 0.25) is 5.91 Å². The van der Waals surface area contributed by atoms with E-state index in [-0.39, 0.29) is 11.8 Å². The Morgan fingerprint density at radius 1 is 1.33 bits per heavy atom. The number of hydrogen-bond acceptors (Lipinski definition) is 4. The fourth-order valence-electron chi connectivity index (χ4n) is 4.06. The third kappa shape index (κ3) is 4.16. The van der Waals surface area contributed by atoms with Crippen LogP contribution in [0, 0.1) is 12.8 Å². The number of H-pyrrole nitrogens is 1. The van der Waals surface area contributed by atoms with Crippen LogP contribution in [0.3, 0.4) is 0 Å². The second-order valence-electron chi connectivity index (χ2n) is 7.58. The average molecular weight is 333 g/mol. The van der Waals surface area contributed by atoms with Gasteiger partial charge in [0, 0.05) is 31.5 Å². The molecule has 0 aromatic carbocycles. The van der Waals surface area contributed by atoms with Crippen molar-refractivity contribution in [3.63, 3.8) is 0 Å². The molecule has 0 saturated carbocycles. The van der Waals surface area contributed by atoms with Crippen molar-refractivity contribution in [3.8, 4) is 0 Å². The topological polar surface area (TPSA) is 55.5 Å². The molecule has 2 aliphatic heterocycles. The van der Waals surface area contributed by atoms with Gasteiger partial charge in [0.15, 0.2) is 0 Å². The first-order chi connectivity index (χ1) is 11.5. The molecule has 2 aliphatic rings. The summed E-state index contributed by atoms with van der Waals surface area (Å²) in [5.41, 5.74) is 1.04. The summed E-state index contributed by atoms with van der Waals surface area (Å²) in [6.45, 7) is 6.99. The Morgan fingerprint density at radius 3 is 2.75 bits per heavy atom. The third-order valence-corrected chi connectivity index (χ3v) is 5.53. The summed E-state index contributed by atoms with van der Waals surface area (Å²) >= 11 is 0. The Hall–Kier alpha value is -1.40. The van der Waals surface area contributed by atoms with Crippen LogP contribution in [0.2, 0.25) is 0 Å². The smallest absolute Gasteiger partial charge is 0.227 e. The number of aromatic amines is 1. The van der Waals surface area contributed by atoms with Crippen molar-refractivity contribution in [2.45, 2.75) is 45.2 Å². The Balaban J connectivity index is 1.54. The van der Waals surface area contributed by atoms with E-state index < -0.39 is 0 Å². The Morgan fingerprint density at radius 2 is 2.08 bits per heavy atom. The fourth-order valence-corrected chi connectivity index (χ4v) is 4.06. The lowest BCUT2D eigenvalue weighted by Gasteiger charge is -2.41. The Labute approximate surface area is 145 Å². The zero-order valence-corrected chi connectivity index (χ0v) is 15.3. The first kappa shape index (κ1) is 17.4. The summed E-state index contributed by atoms with van der Waals surface area (Å²) < 4.78 is 0. The summed E-state index contributed by atoms with van der Waals surface area (Å²) in [5.74, 6) is 1.27. The number of aromatic nitrogens is 2. The first-order valence-corrected chi connectivity index (χ1v) is 9.21. The maximum atomic E-state index is 12.8. The predicted molar refractivity (Wildman–Crippen MR) is 94.6 cm³/mol. The number of nitrogens with zero attached hydrogens (tertiary/aromatic N) is 4. The second kappa shape index (κ2) is 7.66. The maximum absolute atomic E-state index is 12.8. The van der Waals surface area contributed by atoms with E-state index in [1.165, 1.54) is 25.9 Å². The van der Waals surface area contributed by atoms with Crippen molar-refractivity contribution in [1.29, 1.82) is 0 Å². The number of nitrogens with one attached hydrogen (secondary N) is 1. The van der Waals surface area contributed by atoms with Crippen molar-refractivity contribution in [3.05, 3.63) is 17.7 Å². The highest BCUT2D eigenvalue weighted by Gasteiger charge is 2.32. The van der Waals surface area contributed by atoms with Gasteiger partial charge in [-0.3, -0.25) is 9.69 Å². The molecule has 6 nitrogen and oxygen atoms in total. The third-order valence-electron chi connectivity index (χ3n) is 5.53. The number of hydrogen-bond donors (Lipinski definition) is 1.